The third kappa shape index (κ3) is 5.40. The van der Waals surface area contributed by atoms with Gasteiger partial charge in [-0.15, -0.1) is 0 Å². The topological polar surface area (TPSA) is 32.3 Å². The number of hydrogen-bond acceptors (Lipinski definition) is 2. The van der Waals surface area contributed by atoms with Gasteiger partial charge in [0.2, 0.25) is 5.91 Å². The average molecular weight is 357 g/mol. The molecule has 1 heterocycles. The molecule has 1 fully saturated rings. The van der Waals surface area contributed by atoms with Crippen LogP contribution in [0.1, 0.15) is 31.2 Å². The minimum atomic E-state index is -0.198. The monoisotopic (exact) mass is 356 g/mol. The predicted molar refractivity (Wildman–Crippen MR) is 85.9 cm³/mol. The second kappa shape index (κ2) is 8.49. The van der Waals surface area contributed by atoms with Crippen molar-refractivity contribution in [2.75, 3.05) is 18.4 Å². The van der Waals surface area contributed by atoms with Crippen molar-refractivity contribution in [2.45, 2.75) is 38.3 Å². The van der Waals surface area contributed by atoms with Crippen LogP contribution in [0.15, 0.2) is 24.3 Å². The second-order valence-electron chi connectivity index (χ2n) is 5.43. The molecule has 5 heteroatoms. The van der Waals surface area contributed by atoms with Gasteiger partial charge in [-0.3, -0.25) is 9.69 Å². The highest BCUT2D eigenvalue weighted by Gasteiger charge is 2.23. The lowest BCUT2D eigenvalue weighted by atomic mass is 10.1. The van der Waals surface area contributed by atoms with Crippen LogP contribution in [0.25, 0.3) is 0 Å². The molecule has 21 heavy (non-hydrogen) atoms. The predicted octanol–water partition coefficient (Wildman–Crippen LogP) is 3.08. The molecule has 2 rings (SSSR count). The normalized spacial score (nSPS) is 19.4. The number of amides is 1. The van der Waals surface area contributed by atoms with E-state index in [0.717, 1.165) is 37.9 Å². The first-order valence-corrected chi connectivity index (χ1v) is 8.65. The largest absolute Gasteiger partial charge is 0.341 e. The summed E-state index contributed by atoms with van der Waals surface area (Å²) in [6.45, 7) is 1.91. The van der Waals surface area contributed by atoms with E-state index in [1.54, 1.807) is 0 Å². The van der Waals surface area contributed by atoms with Crippen molar-refractivity contribution in [3.63, 3.8) is 0 Å². The summed E-state index contributed by atoms with van der Waals surface area (Å²) in [6, 6.07) is 6.66. The maximum Gasteiger partial charge on any atom is 0.222 e. The third-order valence-electron chi connectivity index (χ3n) is 3.86. The number of carbonyl (C=O) groups excluding carboxylic acids is 1. The quantitative estimate of drug-likeness (QED) is 0.794. The first-order chi connectivity index (χ1) is 10.2. The first-order valence-electron chi connectivity index (χ1n) is 7.53. The van der Waals surface area contributed by atoms with E-state index in [4.69, 9.17) is 0 Å². The molecule has 1 N–H and O–H groups in total. The fourth-order valence-electron chi connectivity index (χ4n) is 2.69. The summed E-state index contributed by atoms with van der Waals surface area (Å²) in [7, 11) is 0. The van der Waals surface area contributed by atoms with Crippen molar-refractivity contribution in [3.05, 3.63) is 35.6 Å². The maximum atomic E-state index is 12.9. The molecule has 1 aromatic carbocycles. The van der Waals surface area contributed by atoms with Crippen molar-refractivity contribution in [3.8, 4) is 0 Å². The molecule has 1 saturated heterocycles. The molecule has 1 aliphatic rings. The fourth-order valence-corrected chi connectivity index (χ4v) is 3.05. The molecule has 1 aliphatic heterocycles. The lowest BCUT2D eigenvalue weighted by Gasteiger charge is -2.36. The van der Waals surface area contributed by atoms with Gasteiger partial charge in [0.15, 0.2) is 0 Å². The highest BCUT2D eigenvalue weighted by molar-refractivity contribution is 9.09. The van der Waals surface area contributed by atoms with Crippen LogP contribution in [0.2, 0.25) is 0 Å². The zero-order chi connectivity index (χ0) is 15.1. The number of halogens is 2. The molecule has 0 aliphatic carbocycles. The van der Waals surface area contributed by atoms with Gasteiger partial charge in [-0.1, -0.05) is 28.1 Å². The van der Waals surface area contributed by atoms with Crippen molar-refractivity contribution in [1.29, 1.82) is 0 Å². The van der Waals surface area contributed by atoms with Gasteiger partial charge in [-0.05, 0) is 43.4 Å². The van der Waals surface area contributed by atoms with E-state index in [2.05, 4.69) is 26.1 Å². The van der Waals surface area contributed by atoms with Crippen LogP contribution < -0.4 is 5.32 Å². The Bertz CT molecular complexity index is 452. The minimum Gasteiger partial charge on any atom is -0.341 e. The molecule has 1 unspecified atom stereocenters. The summed E-state index contributed by atoms with van der Waals surface area (Å²) in [6.07, 6.45) is 4.89. The summed E-state index contributed by atoms with van der Waals surface area (Å²) >= 11 is 3.29. The molecule has 1 atom stereocenters. The van der Waals surface area contributed by atoms with E-state index in [1.807, 2.05) is 12.1 Å². The number of rotatable bonds is 6. The van der Waals surface area contributed by atoms with Crippen molar-refractivity contribution >= 4 is 21.8 Å². The summed E-state index contributed by atoms with van der Waals surface area (Å²) in [4.78, 5) is 14.1. The minimum absolute atomic E-state index is 0.102. The van der Waals surface area contributed by atoms with E-state index in [0.29, 0.717) is 11.8 Å². The number of hydrogen-bond donors (Lipinski definition) is 1. The van der Waals surface area contributed by atoms with Crippen molar-refractivity contribution in [1.82, 2.24) is 10.2 Å². The van der Waals surface area contributed by atoms with Gasteiger partial charge in [-0.25, -0.2) is 4.39 Å². The van der Waals surface area contributed by atoms with Crippen LogP contribution in [0.4, 0.5) is 4.39 Å². The number of alkyl halides is 1. The molecule has 3 nitrogen and oxygen atoms in total. The van der Waals surface area contributed by atoms with E-state index in [9.17, 15) is 9.18 Å². The summed E-state index contributed by atoms with van der Waals surface area (Å²) in [5.41, 5.74) is 1.13. The van der Waals surface area contributed by atoms with Gasteiger partial charge in [0.05, 0.1) is 6.17 Å². The first kappa shape index (κ1) is 16.4. The highest BCUT2D eigenvalue weighted by atomic mass is 79.9. The van der Waals surface area contributed by atoms with Crippen molar-refractivity contribution < 1.29 is 9.18 Å². The van der Waals surface area contributed by atoms with Crippen molar-refractivity contribution in [2.24, 2.45) is 0 Å². The van der Waals surface area contributed by atoms with E-state index >= 15 is 0 Å². The lowest BCUT2D eigenvalue weighted by molar-refractivity contribution is -0.123. The average Bonchev–Trinajstić information content (AvgIpc) is 2.48. The number of carbonyl (C=O) groups is 1. The summed E-state index contributed by atoms with van der Waals surface area (Å²) in [5.74, 6) is -0.0952. The molecular weight excluding hydrogens is 335 g/mol. The Labute approximate surface area is 134 Å². The molecule has 1 amide bonds. The zero-order valence-corrected chi connectivity index (χ0v) is 13.7. The number of likely N-dealkylation sites (tertiary alicyclic amines) is 1. The molecule has 0 bridgehead atoms. The van der Waals surface area contributed by atoms with E-state index < -0.39 is 0 Å². The SMILES string of the molecule is O=C(CCBr)NC1CCCCN1CCc1ccc(F)cc1. The van der Waals surface area contributed by atoms with Crippen LogP contribution in [-0.2, 0) is 11.2 Å². The Morgan fingerprint density at radius 2 is 2.10 bits per heavy atom. The number of piperidine rings is 1. The Balaban J connectivity index is 1.86. The van der Waals surface area contributed by atoms with Gasteiger partial charge in [-0.2, -0.15) is 0 Å². The number of nitrogens with one attached hydrogen (secondary N) is 1. The Morgan fingerprint density at radius 1 is 1.33 bits per heavy atom. The molecule has 0 spiro atoms. The van der Waals surface area contributed by atoms with Crippen LogP contribution in [-0.4, -0.2) is 35.4 Å². The molecule has 0 saturated carbocycles. The van der Waals surface area contributed by atoms with Gasteiger partial charge in [0, 0.05) is 24.8 Å². The summed E-state index contributed by atoms with van der Waals surface area (Å²) in [5, 5.41) is 3.81. The van der Waals surface area contributed by atoms with E-state index in [-0.39, 0.29) is 17.9 Å². The standard InChI is InChI=1S/C16H22BrFN2O/c17-10-8-16(21)19-15-3-1-2-11-20(15)12-9-13-4-6-14(18)7-5-13/h4-7,15H,1-3,8-12H2,(H,19,21). The van der Waals surface area contributed by atoms with Gasteiger partial charge >= 0.3 is 0 Å². The molecule has 1 aromatic rings. The number of nitrogens with zero attached hydrogens (tertiary/aromatic N) is 1. The van der Waals surface area contributed by atoms with Crippen LogP contribution >= 0.6 is 15.9 Å². The van der Waals surface area contributed by atoms with E-state index in [1.165, 1.54) is 18.6 Å². The van der Waals surface area contributed by atoms with Gasteiger partial charge in [0.1, 0.15) is 5.82 Å². The third-order valence-corrected chi connectivity index (χ3v) is 4.26. The summed E-state index contributed by atoms with van der Waals surface area (Å²) < 4.78 is 12.9. The van der Waals surface area contributed by atoms with Gasteiger partial charge in [0.25, 0.3) is 0 Å². The maximum absolute atomic E-state index is 12.9. The van der Waals surface area contributed by atoms with Gasteiger partial charge < -0.3 is 5.32 Å². The molecular formula is C16H22BrFN2O. The Morgan fingerprint density at radius 3 is 2.81 bits per heavy atom. The molecule has 116 valence electrons. The Kier molecular flexibility index (Phi) is 6.64. The van der Waals surface area contributed by atoms with Crippen LogP contribution in [0.5, 0.6) is 0 Å². The van der Waals surface area contributed by atoms with Crippen LogP contribution in [0.3, 0.4) is 0 Å². The second-order valence-corrected chi connectivity index (χ2v) is 6.22. The Hall–Kier alpha value is -0.940. The zero-order valence-electron chi connectivity index (χ0n) is 12.2. The number of benzene rings is 1. The smallest absolute Gasteiger partial charge is 0.222 e. The fraction of sp³-hybridized carbons (Fsp3) is 0.562. The molecule has 0 aromatic heterocycles. The molecule has 0 radical (unpaired) electrons. The van der Waals surface area contributed by atoms with Crippen LogP contribution in [0, 0.1) is 5.82 Å². The lowest BCUT2D eigenvalue weighted by Crippen LogP contribution is -2.51. The highest BCUT2D eigenvalue weighted by Crippen LogP contribution is 2.16.